The summed E-state index contributed by atoms with van der Waals surface area (Å²) in [7, 11) is 0. The molecule has 0 spiro atoms. The van der Waals surface area contributed by atoms with Crippen LogP contribution in [0.15, 0.2) is 30.3 Å². The molecule has 0 bridgehead atoms. The Hall–Kier alpha value is -1.37. The van der Waals surface area contributed by atoms with Crippen LogP contribution in [0, 0.1) is 6.92 Å². The maximum absolute atomic E-state index is 10.9. The van der Waals surface area contributed by atoms with Crippen molar-refractivity contribution in [3.8, 4) is 0 Å². The molecule has 0 aliphatic rings. The molecule has 0 unspecified atom stereocenters. The zero-order valence-electron chi connectivity index (χ0n) is 9.49. The van der Waals surface area contributed by atoms with Crippen LogP contribution in [0.5, 0.6) is 0 Å². The number of aldehydes is 1. The average Bonchev–Trinajstić information content (AvgIpc) is 2.24. The molecule has 0 aromatic heterocycles. The van der Waals surface area contributed by atoms with E-state index in [0.717, 1.165) is 36.7 Å². The van der Waals surface area contributed by atoms with E-state index >= 15 is 0 Å². The topological polar surface area (TPSA) is 17.1 Å². The van der Waals surface area contributed by atoms with Gasteiger partial charge in [0.25, 0.3) is 0 Å². The van der Waals surface area contributed by atoms with Crippen LogP contribution in [-0.4, -0.2) is 6.29 Å². The van der Waals surface area contributed by atoms with E-state index in [4.69, 9.17) is 0 Å². The summed E-state index contributed by atoms with van der Waals surface area (Å²) in [6.45, 7) is 4.19. The maximum Gasteiger partial charge on any atom is 0.150 e. The molecule has 1 heteroatoms. The van der Waals surface area contributed by atoms with E-state index in [1.807, 2.05) is 37.3 Å². The Morgan fingerprint density at radius 1 is 1.40 bits per heavy atom. The van der Waals surface area contributed by atoms with Gasteiger partial charge in [-0.25, -0.2) is 0 Å². The van der Waals surface area contributed by atoms with Crippen LogP contribution < -0.4 is 0 Å². The summed E-state index contributed by atoms with van der Waals surface area (Å²) in [6.07, 6.45) is 6.27. The van der Waals surface area contributed by atoms with Gasteiger partial charge in [0, 0.05) is 5.57 Å². The van der Waals surface area contributed by atoms with E-state index < -0.39 is 0 Å². The molecule has 0 aliphatic heterocycles. The lowest BCUT2D eigenvalue weighted by atomic mass is 10.0. The summed E-state index contributed by atoms with van der Waals surface area (Å²) in [5.74, 6) is 0. The van der Waals surface area contributed by atoms with Crippen LogP contribution in [0.25, 0.3) is 5.57 Å². The Morgan fingerprint density at radius 2 is 2.20 bits per heavy atom. The number of hydrogen-bond donors (Lipinski definition) is 0. The molecule has 0 atom stereocenters. The molecule has 0 saturated heterocycles. The number of rotatable bonds is 5. The van der Waals surface area contributed by atoms with E-state index in [1.165, 1.54) is 5.56 Å². The predicted molar refractivity (Wildman–Crippen MR) is 64.7 cm³/mol. The molecule has 1 aromatic carbocycles. The third-order valence-corrected chi connectivity index (χ3v) is 2.40. The van der Waals surface area contributed by atoms with Crippen molar-refractivity contribution in [1.29, 1.82) is 0 Å². The number of aryl methyl sites for hydroxylation is 1. The molecule has 0 saturated carbocycles. The Bertz CT molecular complexity index is 350. The smallest absolute Gasteiger partial charge is 0.150 e. The minimum atomic E-state index is 0.812. The van der Waals surface area contributed by atoms with Gasteiger partial charge in [-0.3, -0.25) is 4.79 Å². The standard InChI is InChI=1S/C14H18O/c1-3-4-5-8-14(11-15)13-9-6-7-12(2)10-13/h6-11H,3-5H2,1-2H3/b14-8+. The van der Waals surface area contributed by atoms with Crippen molar-refractivity contribution in [2.75, 3.05) is 0 Å². The van der Waals surface area contributed by atoms with E-state index in [-0.39, 0.29) is 0 Å². The fourth-order valence-electron chi connectivity index (χ4n) is 1.52. The zero-order valence-corrected chi connectivity index (χ0v) is 9.49. The monoisotopic (exact) mass is 202 g/mol. The highest BCUT2D eigenvalue weighted by atomic mass is 16.1. The molecule has 0 N–H and O–H groups in total. The molecule has 0 heterocycles. The normalized spacial score (nSPS) is 11.5. The van der Waals surface area contributed by atoms with Crippen LogP contribution in [0.2, 0.25) is 0 Å². The van der Waals surface area contributed by atoms with Crippen molar-refractivity contribution in [2.45, 2.75) is 33.1 Å². The first-order valence-electron chi connectivity index (χ1n) is 5.50. The summed E-state index contributed by atoms with van der Waals surface area (Å²) in [4.78, 5) is 10.9. The van der Waals surface area contributed by atoms with Gasteiger partial charge >= 0.3 is 0 Å². The van der Waals surface area contributed by atoms with E-state index in [9.17, 15) is 4.79 Å². The van der Waals surface area contributed by atoms with Crippen molar-refractivity contribution in [3.05, 3.63) is 41.5 Å². The molecule has 1 rings (SSSR count). The molecule has 0 fully saturated rings. The van der Waals surface area contributed by atoms with Crippen molar-refractivity contribution in [3.63, 3.8) is 0 Å². The number of allylic oxidation sites excluding steroid dienone is 2. The van der Waals surface area contributed by atoms with Gasteiger partial charge in [-0.1, -0.05) is 55.7 Å². The fourth-order valence-corrected chi connectivity index (χ4v) is 1.52. The summed E-state index contributed by atoms with van der Waals surface area (Å²) in [6, 6.07) is 8.06. The van der Waals surface area contributed by atoms with Crippen LogP contribution in [0.3, 0.4) is 0 Å². The highest BCUT2D eigenvalue weighted by molar-refractivity contribution is 6.06. The molecule has 0 aliphatic carbocycles. The second kappa shape index (κ2) is 6.18. The van der Waals surface area contributed by atoms with Crippen molar-refractivity contribution in [2.24, 2.45) is 0 Å². The van der Waals surface area contributed by atoms with Gasteiger partial charge in [0.05, 0.1) is 0 Å². The molecule has 15 heavy (non-hydrogen) atoms. The van der Waals surface area contributed by atoms with Gasteiger partial charge in [-0.2, -0.15) is 0 Å². The molecule has 0 radical (unpaired) electrons. The van der Waals surface area contributed by atoms with Gasteiger partial charge in [0.15, 0.2) is 0 Å². The molecule has 1 aromatic rings. The van der Waals surface area contributed by atoms with Gasteiger partial charge < -0.3 is 0 Å². The molecule has 1 nitrogen and oxygen atoms in total. The minimum absolute atomic E-state index is 0.812. The lowest BCUT2D eigenvalue weighted by Gasteiger charge is -2.01. The Labute approximate surface area is 91.8 Å². The average molecular weight is 202 g/mol. The minimum Gasteiger partial charge on any atom is -0.298 e. The lowest BCUT2D eigenvalue weighted by molar-refractivity contribution is -0.103. The van der Waals surface area contributed by atoms with Gasteiger partial charge in [-0.15, -0.1) is 0 Å². The SMILES string of the molecule is CCCC/C=C(\C=O)c1cccc(C)c1. The molecular weight excluding hydrogens is 184 g/mol. The highest BCUT2D eigenvalue weighted by Crippen LogP contribution is 2.15. The fraction of sp³-hybridized carbons (Fsp3) is 0.357. The summed E-state index contributed by atoms with van der Waals surface area (Å²) < 4.78 is 0. The first-order valence-corrected chi connectivity index (χ1v) is 5.50. The molecule has 0 amide bonds. The molecule has 80 valence electrons. The lowest BCUT2D eigenvalue weighted by Crippen LogP contribution is -1.87. The third-order valence-electron chi connectivity index (χ3n) is 2.40. The van der Waals surface area contributed by atoms with Crippen molar-refractivity contribution in [1.82, 2.24) is 0 Å². The quantitative estimate of drug-likeness (QED) is 0.403. The number of hydrogen-bond acceptors (Lipinski definition) is 1. The van der Waals surface area contributed by atoms with Gasteiger partial charge in [0.1, 0.15) is 6.29 Å². The largest absolute Gasteiger partial charge is 0.298 e. The number of unbranched alkanes of at least 4 members (excludes halogenated alkanes) is 2. The number of carbonyl (C=O) groups excluding carboxylic acids is 1. The Kier molecular flexibility index (Phi) is 4.82. The van der Waals surface area contributed by atoms with Crippen LogP contribution in [-0.2, 0) is 4.79 Å². The van der Waals surface area contributed by atoms with Crippen LogP contribution in [0.4, 0.5) is 0 Å². The first-order chi connectivity index (χ1) is 7.27. The Balaban J connectivity index is 2.82. The van der Waals surface area contributed by atoms with Crippen LogP contribution in [0.1, 0.15) is 37.3 Å². The summed E-state index contributed by atoms with van der Waals surface area (Å²) in [5.41, 5.74) is 3.03. The first kappa shape index (κ1) is 11.7. The van der Waals surface area contributed by atoms with Crippen molar-refractivity contribution < 1.29 is 4.79 Å². The zero-order chi connectivity index (χ0) is 11.1. The van der Waals surface area contributed by atoms with Crippen molar-refractivity contribution >= 4 is 11.9 Å². The second-order valence-corrected chi connectivity index (χ2v) is 3.79. The van der Waals surface area contributed by atoms with Crippen LogP contribution >= 0.6 is 0 Å². The summed E-state index contributed by atoms with van der Waals surface area (Å²) >= 11 is 0. The number of carbonyl (C=O) groups is 1. The van der Waals surface area contributed by atoms with E-state index in [1.54, 1.807) is 0 Å². The Morgan fingerprint density at radius 3 is 2.80 bits per heavy atom. The van der Waals surface area contributed by atoms with E-state index in [0.29, 0.717) is 0 Å². The summed E-state index contributed by atoms with van der Waals surface area (Å²) in [5, 5.41) is 0. The number of benzene rings is 1. The maximum atomic E-state index is 10.9. The highest BCUT2D eigenvalue weighted by Gasteiger charge is 1.99. The molecular formula is C14H18O. The van der Waals surface area contributed by atoms with E-state index in [2.05, 4.69) is 6.92 Å². The van der Waals surface area contributed by atoms with Gasteiger partial charge in [0.2, 0.25) is 0 Å². The second-order valence-electron chi connectivity index (χ2n) is 3.79. The van der Waals surface area contributed by atoms with Gasteiger partial charge in [-0.05, 0) is 18.9 Å². The predicted octanol–water partition coefficient (Wildman–Crippen LogP) is 3.77. The third kappa shape index (κ3) is 3.70.